The number of rotatable bonds is 6. The van der Waals surface area contributed by atoms with E-state index in [4.69, 9.17) is 0 Å². The average molecular weight is 405 g/mol. The fraction of sp³-hybridized carbons (Fsp3) is 0.316. The molecule has 0 radical (unpaired) electrons. The van der Waals surface area contributed by atoms with E-state index in [0.717, 1.165) is 0 Å². The van der Waals surface area contributed by atoms with E-state index in [1.54, 1.807) is 45.9 Å². The summed E-state index contributed by atoms with van der Waals surface area (Å²) in [5.41, 5.74) is 0.351. The molecule has 2 rings (SSSR count). The lowest BCUT2D eigenvalue weighted by Gasteiger charge is -2.21. The maximum atomic E-state index is 12.6. The third-order valence-electron chi connectivity index (χ3n) is 3.80. The lowest BCUT2D eigenvalue weighted by atomic mass is 10.1. The standard InChI is InChI=1S/C19H23N3O5S/c1-13-11-14(9-10-16(13)22(24)25)18(23)20-12-15-7-5-6-8-17(15)28(26,27)21-19(2,3)4/h5-11,21H,12H2,1-4H3,(H,20,23). The van der Waals surface area contributed by atoms with Crippen LogP contribution in [0.4, 0.5) is 5.69 Å². The largest absolute Gasteiger partial charge is 0.348 e. The zero-order valence-electron chi connectivity index (χ0n) is 16.1. The Morgan fingerprint density at radius 2 is 1.79 bits per heavy atom. The van der Waals surface area contributed by atoms with Crippen LogP contribution in [0.2, 0.25) is 0 Å². The molecular formula is C19H23N3O5S. The van der Waals surface area contributed by atoms with Crippen LogP contribution in [0.15, 0.2) is 47.4 Å². The number of nitro groups is 1. The van der Waals surface area contributed by atoms with E-state index in [-0.39, 0.29) is 22.7 Å². The van der Waals surface area contributed by atoms with Crippen molar-refractivity contribution in [1.82, 2.24) is 10.0 Å². The number of hydrogen-bond acceptors (Lipinski definition) is 5. The van der Waals surface area contributed by atoms with E-state index >= 15 is 0 Å². The lowest BCUT2D eigenvalue weighted by Crippen LogP contribution is -2.41. The van der Waals surface area contributed by atoms with Crippen LogP contribution in [-0.4, -0.2) is 24.8 Å². The molecule has 1 amide bonds. The Morgan fingerprint density at radius 1 is 1.14 bits per heavy atom. The number of amides is 1. The van der Waals surface area contributed by atoms with Gasteiger partial charge < -0.3 is 5.32 Å². The van der Waals surface area contributed by atoms with Crippen LogP contribution in [-0.2, 0) is 16.6 Å². The lowest BCUT2D eigenvalue weighted by molar-refractivity contribution is -0.385. The van der Waals surface area contributed by atoms with Crippen molar-refractivity contribution in [2.45, 2.75) is 44.7 Å². The number of nitro benzene ring substituents is 1. The van der Waals surface area contributed by atoms with Crippen molar-refractivity contribution in [3.05, 3.63) is 69.3 Å². The zero-order valence-corrected chi connectivity index (χ0v) is 17.0. The van der Waals surface area contributed by atoms with Gasteiger partial charge >= 0.3 is 0 Å². The SMILES string of the molecule is Cc1cc(C(=O)NCc2ccccc2S(=O)(=O)NC(C)(C)C)ccc1[N+](=O)[O-]. The van der Waals surface area contributed by atoms with E-state index < -0.39 is 26.4 Å². The third kappa shape index (κ3) is 5.37. The Bertz CT molecular complexity index is 1010. The molecule has 0 bridgehead atoms. The van der Waals surface area contributed by atoms with Crippen molar-refractivity contribution in [2.24, 2.45) is 0 Å². The number of nitrogens with zero attached hydrogens (tertiary/aromatic N) is 1. The van der Waals surface area contributed by atoms with Crippen molar-refractivity contribution in [3.8, 4) is 0 Å². The van der Waals surface area contributed by atoms with Crippen LogP contribution in [0.3, 0.4) is 0 Å². The highest BCUT2D eigenvalue weighted by Crippen LogP contribution is 2.20. The maximum absolute atomic E-state index is 12.6. The fourth-order valence-electron chi connectivity index (χ4n) is 2.65. The first-order chi connectivity index (χ1) is 12.9. The van der Waals surface area contributed by atoms with Gasteiger partial charge in [0, 0.05) is 29.3 Å². The molecule has 8 nitrogen and oxygen atoms in total. The van der Waals surface area contributed by atoms with Crippen molar-refractivity contribution >= 4 is 21.6 Å². The summed E-state index contributed by atoms with van der Waals surface area (Å²) in [5, 5.41) is 13.6. The molecule has 150 valence electrons. The third-order valence-corrected chi connectivity index (χ3v) is 5.66. The number of carbonyl (C=O) groups is 1. The van der Waals surface area contributed by atoms with Crippen LogP contribution in [0.25, 0.3) is 0 Å². The second-order valence-electron chi connectivity index (χ2n) is 7.40. The molecule has 28 heavy (non-hydrogen) atoms. The Kier molecular flexibility index (Phi) is 6.20. The molecule has 0 unspecified atom stereocenters. The quantitative estimate of drug-likeness (QED) is 0.566. The molecule has 0 aliphatic carbocycles. The van der Waals surface area contributed by atoms with Gasteiger partial charge in [-0.05, 0) is 51.5 Å². The van der Waals surface area contributed by atoms with Crippen molar-refractivity contribution in [3.63, 3.8) is 0 Å². The van der Waals surface area contributed by atoms with Gasteiger partial charge in [-0.25, -0.2) is 13.1 Å². The summed E-state index contributed by atoms with van der Waals surface area (Å²) < 4.78 is 27.9. The number of carbonyl (C=O) groups excluding carboxylic acids is 1. The molecule has 0 fully saturated rings. The molecule has 0 aliphatic rings. The number of hydrogen-bond donors (Lipinski definition) is 2. The van der Waals surface area contributed by atoms with E-state index in [9.17, 15) is 23.3 Å². The molecule has 2 aromatic carbocycles. The second-order valence-corrected chi connectivity index (χ2v) is 9.06. The van der Waals surface area contributed by atoms with Gasteiger partial charge in [-0.1, -0.05) is 18.2 Å². The summed E-state index contributed by atoms with van der Waals surface area (Å²) in [6.07, 6.45) is 0. The molecular weight excluding hydrogens is 382 g/mol. The number of sulfonamides is 1. The Balaban J connectivity index is 2.21. The van der Waals surface area contributed by atoms with Gasteiger partial charge in [-0.2, -0.15) is 0 Å². The van der Waals surface area contributed by atoms with Crippen molar-refractivity contribution < 1.29 is 18.1 Å². The molecule has 0 saturated carbocycles. The van der Waals surface area contributed by atoms with E-state index in [1.807, 2.05) is 0 Å². The van der Waals surface area contributed by atoms with Gasteiger partial charge in [0.1, 0.15) is 0 Å². The minimum atomic E-state index is -3.76. The molecule has 0 saturated heterocycles. The van der Waals surface area contributed by atoms with Crippen LogP contribution in [0.5, 0.6) is 0 Å². The summed E-state index contributed by atoms with van der Waals surface area (Å²) in [7, 11) is -3.76. The minimum absolute atomic E-state index is 0.00387. The highest BCUT2D eigenvalue weighted by molar-refractivity contribution is 7.89. The first kappa shape index (κ1) is 21.5. The van der Waals surface area contributed by atoms with Gasteiger partial charge in [0.15, 0.2) is 0 Å². The molecule has 2 N–H and O–H groups in total. The van der Waals surface area contributed by atoms with Gasteiger partial charge in [-0.15, -0.1) is 0 Å². The Morgan fingerprint density at radius 3 is 2.36 bits per heavy atom. The molecule has 0 heterocycles. The Hall–Kier alpha value is -2.78. The van der Waals surface area contributed by atoms with Gasteiger partial charge in [-0.3, -0.25) is 14.9 Å². The van der Waals surface area contributed by atoms with Crippen LogP contribution >= 0.6 is 0 Å². The summed E-state index contributed by atoms with van der Waals surface area (Å²) in [5.74, 6) is -0.450. The van der Waals surface area contributed by atoms with Gasteiger partial charge in [0.2, 0.25) is 10.0 Å². The zero-order chi connectivity index (χ0) is 21.1. The summed E-state index contributed by atoms with van der Waals surface area (Å²) in [6, 6.07) is 10.5. The first-order valence-corrected chi connectivity index (χ1v) is 10.0. The smallest absolute Gasteiger partial charge is 0.272 e. The highest BCUT2D eigenvalue weighted by Gasteiger charge is 2.24. The first-order valence-electron chi connectivity index (χ1n) is 8.56. The topological polar surface area (TPSA) is 118 Å². The summed E-state index contributed by atoms with van der Waals surface area (Å²) in [4.78, 5) is 22.9. The fourth-order valence-corrected chi connectivity index (χ4v) is 4.31. The summed E-state index contributed by atoms with van der Waals surface area (Å²) in [6.45, 7) is 6.77. The van der Waals surface area contributed by atoms with Crippen molar-refractivity contribution in [1.29, 1.82) is 0 Å². The van der Waals surface area contributed by atoms with Crippen LogP contribution in [0.1, 0.15) is 42.3 Å². The van der Waals surface area contributed by atoms with E-state index in [2.05, 4.69) is 10.0 Å². The van der Waals surface area contributed by atoms with E-state index in [1.165, 1.54) is 24.3 Å². The predicted octanol–water partition coefficient (Wildman–Crippen LogP) is 2.91. The van der Waals surface area contributed by atoms with Gasteiger partial charge in [0.25, 0.3) is 11.6 Å². The highest BCUT2D eigenvalue weighted by atomic mass is 32.2. The monoisotopic (exact) mass is 405 g/mol. The number of benzene rings is 2. The van der Waals surface area contributed by atoms with E-state index in [0.29, 0.717) is 11.1 Å². The number of aryl methyl sites for hydroxylation is 1. The van der Waals surface area contributed by atoms with Gasteiger partial charge in [0.05, 0.1) is 9.82 Å². The molecule has 0 atom stereocenters. The Labute approximate surface area is 164 Å². The maximum Gasteiger partial charge on any atom is 0.272 e. The molecule has 0 aromatic heterocycles. The summed E-state index contributed by atoms with van der Waals surface area (Å²) >= 11 is 0. The number of nitrogens with one attached hydrogen (secondary N) is 2. The average Bonchev–Trinajstić information content (AvgIpc) is 2.57. The van der Waals surface area contributed by atoms with Crippen LogP contribution in [0, 0.1) is 17.0 Å². The predicted molar refractivity (Wildman–Crippen MR) is 106 cm³/mol. The molecule has 2 aromatic rings. The van der Waals surface area contributed by atoms with Crippen LogP contribution < -0.4 is 10.0 Å². The normalized spacial score (nSPS) is 11.9. The molecule has 0 aliphatic heterocycles. The van der Waals surface area contributed by atoms with Crippen molar-refractivity contribution in [2.75, 3.05) is 0 Å². The molecule has 9 heteroatoms. The second kappa shape index (κ2) is 8.07. The minimum Gasteiger partial charge on any atom is -0.348 e. The molecule has 0 spiro atoms.